The second-order valence-corrected chi connectivity index (χ2v) is 10.2. The van der Waals surface area contributed by atoms with E-state index in [1.165, 1.54) is 17.0 Å². The third kappa shape index (κ3) is 5.42. The van der Waals surface area contributed by atoms with Gasteiger partial charge in [0.05, 0.1) is 5.56 Å². The van der Waals surface area contributed by atoms with Crippen LogP contribution >= 0.6 is 0 Å². The van der Waals surface area contributed by atoms with Crippen LogP contribution in [0, 0.1) is 0 Å². The first-order valence-corrected chi connectivity index (χ1v) is 12.4. The molecule has 3 amide bonds. The van der Waals surface area contributed by atoms with Gasteiger partial charge in [0, 0.05) is 25.6 Å². The summed E-state index contributed by atoms with van der Waals surface area (Å²) < 4.78 is 26.2. The molecule has 0 saturated heterocycles. The van der Waals surface area contributed by atoms with Crippen LogP contribution in [0.5, 0.6) is 0 Å². The smallest absolute Gasteiger partial charge is 0.269 e. The van der Waals surface area contributed by atoms with E-state index in [4.69, 9.17) is 0 Å². The number of fused-ring (bicyclic) bond motifs is 1. The van der Waals surface area contributed by atoms with Gasteiger partial charge < -0.3 is 10.2 Å². The van der Waals surface area contributed by atoms with Crippen LogP contribution in [0.4, 0.5) is 0 Å². The van der Waals surface area contributed by atoms with Crippen LogP contribution in [0.25, 0.3) is 0 Å². The first-order chi connectivity index (χ1) is 15.6. The highest BCUT2D eigenvalue weighted by molar-refractivity contribution is 7.90. The van der Waals surface area contributed by atoms with Crippen molar-refractivity contribution in [1.29, 1.82) is 0 Å². The zero-order valence-corrected chi connectivity index (χ0v) is 19.8. The van der Waals surface area contributed by atoms with E-state index < -0.39 is 22.0 Å². The summed E-state index contributed by atoms with van der Waals surface area (Å²) in [6.07, 6.45) is 0.156. The molecule has 33 heavy (non-hydrogen) atoms. The highest BCUT2D eigenvalue weighted by atomic mass is 32.2. The van der Waals surface area contributed by atoms with Gasteiger partial charge in [0.2, 0.25) is 11.8 Å². The highest BCUT2D eigenvalue weighted by Gasteiger charge is 2.40. The molecule has 0 aliphatic carbocycles. The molecule has 0 aromatic heterocycles. The first-order valence-electron chi connectivity index (χ1n) is 10.9. The molecule has 0 saturated carbocycles. The van der Waals surface area contributed by atoms with E-state index in [1.54, 1.807) is 19.1 Å². The Hall–Kier alpha value is -3.20. The van der Waals surface area contributed by atoms with Crippen molar-refractivity contribution in [1.82, 2.24) is 14.5 Å². The van der Waals surface area contributed by atoms with Crippen molar-refractivity contribution in [3.05, 3.63) is 65.7 Å². The number of sulfonamides is 1. The lowest BCUT2D eigenvalue weighted by Gasteiger charge is -2.29. The van der Waals surface area contributed by atoms with Gasteiger partial charge in [-0.2, -0.15) is 0 Å². The van der Waals surface area contributed by atoms with E-state index in [2.05, 4.69) is 5.32 Å². The lowest BCUT2D eigenvalue weighted by molar-refractivity contribution is -0.140. The van der Waals surface area contributed by atoms with Crippen molar-refractivity contribution < 1.29 is 22.8 Å². The molecule has 0 bridgehead atoms. The molecule has 0 radical (unpaired) electrons. The summed E-state index contributed by atoms with van der Waals surface area (Å²) in [7, 11) is -3.91. The summed E-state index contributed by atoms with van der Waals surface area (Å²) in [4.78, 5) is 39.7. The number of rotatable bonds is 9. The van der Waals surface area contributed by atoms with Crippen LogP contribution in [0.15, 0.2) is 59.5 Å². The zero-order chi connectivity index (χ0) is 24.2. The minimum absolute atomic E-state index is 0.00176. The van der Waals surface area contributed by atoms with E-state index in [1.807, 2.05) is 44.2 Å². The molecule has 2 aromatic carbocycles. The number of carbonyl (C=O) groups is 3. The maximum atomic E-state index is 13.1. The van der Waals surface area contributed by atoms with E-state index in [9.17, 15) is 22.8 Å². The Labute approximate surface area is 194 Å². The molecular weight excluding hydrogens is 442 g/mol. The Bertz CT molecular complexity index is 1130. The fourth-order valence-electron chi connectivity index (χ4n) is 3.74. The maximum absolute atomic E-state index is 13.1. The minimum Gasteiger partial charge on any atom is -0.352 e. The predicted octanol–water partition coefficient (Wildman–Crippen LogP) is 2.55. The Morgan fingerprint density at radius 2 is 1.64 bits per heavy atom. The van der Waals surface area contributed by atoms with Crippen molar-refractivity contribution >= 4 is 27.7 Å². The number of hydrogen-bond acceptors (Lipinski definition) is 5. The number of benzene rings is 2. The SMILES string of the molecule is CC(C)NC(=O)[C@@H](C)N(Cc1ccccc1)C(=O)CCCN1C(=O)c2ccccc2S1(=O)=O. The molecule has 1 heterocycles. The van der Waals surface area contributed by atoms with Crippen molar-refractivity contribution in [3.8, 4) is 0 Å². The largest absolute Gasteiger partial charge is 0.352 e. The zero-order valence-electron chi connectivity index (χ0n) is 19.0. The lowest BCUT2D eigenvalue weighted by atomic mass is 10.1. The van der Waals surface area contributed by atoms with Crippen molar-refractivity contribution in [3.63, 3.8) is 0 Å². The van der Waals surface area contributed by atoms with Crippen LogP contribution in [0.3, 0.4) is 0 Å². The van der Waals surface area contributed by atoms with Gasteiger partial charge in [-0.1, -0.05) is 42.5 Å². The molecule has 9 heteroatoms. The lowest BCUT2D eigenvalue weighted by Crippen LogP contribution is -2.49. The summed E-state index contributed by atoms with van der Waals surface area (Å²) in [5, 5.41) is 2.83. The van der Waals surface area contributed by atoms with Crippen molar-refractivity contribution in [2.45, 2.75) is 57.1 Å². The Morgan fingerprint density at radius 1 is 1.00 bits per heavy atom. The summed E-state index contributed by atoms with van der Waals surface area (Å²) in [5.74, 6) is -1.13. The Balaban J connectivity index is 1.69. The van der Waals surface area contributed by atoms with Gasteiger partial charge in [-0.25, -0.2) is 12.7 Å². The topological polar surface area (TPSA) is 104 Å². The molecule has 0 spiro atoms. The minimum atomic E-state index is -3.91. The normalized spacial score (nSPS) is 15.3. The summed E-state index contributed by atoms with van der Waals surface area (Å²) in [5.41, 5.74) is 1.02. The highest BCUT2D eigenvalue weighted by Crippen LogP contribution is 2.30. The molecule has 1 N–H and O–H groups in total. The second kappa shape index (κ2) is 10.2. The van der Waals surface area contributed by atoms with Gasteiger partial charge in [0.25, 0.3) is 15.9 Å². The van der Waals surface area contributed by atoms with E-state index >= 15 is 0 Å². The molecule has 1 atom stereocenters. The van der Waals surface area contributed by atoms with Crippen LogP contribution in [0.1, 0.15) is 49.5 Å². The second-order valence-electron chi connectivity index (χ2n) is 8.33. The number of nitrogens with one attached hydrogen (secondary N) is 1. The average Bonchev–Trinajstić information content (AvgIpc) is 2.98. The van der Waals surface area contributed by atoms with Gasteiger partial charge in [-0.15, -0.1) is 0 Å². The Morgan fingerprint density at radius 3 is 2.27 bits per heavy atom. The fraction of sp³-hybridized carbons (Fsp3) is 0.375. The molecule has 3 rings (SSSR count). The van der Waals surface area contributed by atoms with Gasteiger partial charge in [-0.05, 0) is 44.9 Å². The monoisotopic (exact) mass is 471 g/mol. The quantitative estimate of drug-likeness (QED) is 0.605. The van der Waals surface area contributed by atoms with Gasteiger partial charge >= 0.3 is 0 Å². The summed E-state index contributed by atoms with van der Waals surface area (Å²) in [6, 6.07) is 14.6. The van der Waals surface area contributed by atoms with E-state index in [0.717, 1.165) is 9.87 Å². The molecule has 1 aliphatic rings. The first kappa shape index (κ1) is 24.4. The van der Waals surface area contributed by atoms with Gasteiger partial charge in [-0.3, -0.25) is 14.4 Å². The number of amides is 3. The van der Waals surface area contributed by atoms with Crippen LogP contribution in [0.2, 0.25) is 0 Å². The van der Waals surface area contributed by atoms with Gasteiger partial charge in [0.15, 0.2) is 0 Å². The van der Waals surface area contributed by atoms with Crippen LogP contribution < -0.4 is 5.32 Å². The summed E-state index contributed by atoms with van der Waals surface area (Å²) >= 11 is 0. The standard InChI is InChI=1S/C24H29N3O5S/c1-17(2)25-23(29)18(3)26(16-19-10-5-4-6-11-19)22(28)14-9-15-27-24(30)20-12-7-8-13-21(20)33(27,31)32/h4-8,10-13,17-18H,9,14-16H2,1-3H3,(H,25,29)/t18-/m1/s1. The van der Waals surface area contributed by atoms with E-state index in [0.29, 0.717) is 0 Å². The van der Waals surface area contributed by atoms with Gasteiger partial charge in [0.1, 0.15) is 10.9 Å². The van der Waals surface area contributed by atoms with Crippen molar-refractivity contribution in [2.75, 3.05) is 6.54 Å². The third-order valence-electron chi connectivity index (χ3n) is 5.46. The maximum Gasteiger partial charge on any atom is 0.269 e. The summed E-state index contributed by atoms with van der Waals surface area (Å²) in [6.45, 7) is 5.51. The van der Waals surface area contributed by atoms with E-state index in [-0.39, 0.29) is 54.2 Å². The number of nitrogens with zero attached hydrogens (tertiary/aromatic N) is 2. The van der Waals surface area contributed by atoms with Crippen LogP contribution in [-0.2, 0) is 26.2 Å². The molecule has 176 valence electrons. The third-order valence-corrected chi connectivity index (χ3v) is 7.30. The average molecular weight is 472 g/mol. The molecule has 0 unspecified atom stereocenters. The molecule has 0 fully saturated rings. The fourth-order valence-corrected chi connectivity index (χ4v) is 5.34. The number of carbonyl (C=O) groups excluding carboxylic acids is 3. The molecular formula is C24H29N3O5S. The number of hydrogen-bond donors (Lipinski definition) is 1. The molecule has 2 aromatic rings. The predicted molar refractivity (Wildman–Crippen MR) is 124 cm³/mol. The Kier molecular flexibility index (Phi) is 7.53. The molecule has 8 nitrogen and oxygen atoms in total. The molecule has 1 aliphatic heterocycles. The van der Waals surface area contributed by atoms with Crippen molar-refractivity contribution in [2.24, 2.45) is 0 Å². The van der Waals surface area contributed by atoms with Crippen LogP contribution in [-0.4, -0.2) is 54.0 Å².